The summed E-state index contributed by atoms with van der Waals surface area (Å²) in [7, 11) is 0. The number of para-hydroxylation sites is 1. The zero-order chi connectivity index (χ0) is 12.3. The maximum absolute atomic E-state index is 12.0. The summed E-state index contributed by atoms with van der Waals surface area (Å²) in [5.74, 6) is -0.291. The number of esters is 1. The van der Waals surface area contributed by atoms with E-state index in [0.717, 1.165) is 16.5 Å². The number of nitrogens with zero attached hydrogens (tertiary/aromatic N) is 1. The molecular formula is C13H12BrNO2. The van der Waals surface area contributed by atoms with Crippen molar-refractivity contribution in [2.24, 2.45) is 0 Å². The lowest BCUT2D eigenvalue weighted by Crippen LogP contribution is -2.09. The first-order valence-corrected chi connectivity index (χ1v) is 6.49. The second-order valence-electron chi connectivity index (χ2n) is 3.53. The number of rotatable bonds is 3. The Bertz CT molecular complexity index is 554. The van der Waals surface area contributed by atoms with Gasteiger partial charge < -0.3 is 4.74 Å². The largest absolute Gasteiger partial charge is 0.462 e. The molecule has 0 atom stereocenters. The standard InChI is InChI=1S/C13H12BrNO2/c1-2-17-13(16)12-9(7-14)8-15-11-6-4-3-5-10(11)12/h3-6,8H,2,7H2,1H3. The van der Waals surface area contributed by atoms with Crippen molar-refractivity contribution in [3.05, 3.63) is 41.6 Å². The van der Waals surface area contributed by atoms with E-state index in [1.54, 1.807) is 13.1 Å². The Morgan fingerprint density at radius 1 is 1.41 bits per heavy atom. The molecule has 1 aromatic heterocycles. The molecule has 0 N–H and O–H groups in total. The Kier molecular flexibility index (Phi) is 3.74. The Morgan fingerprint density at radius 2 is 2.18 bits per heavy atom. The summed E-state index contributed by atoms with van der Waals surface area (Å²) in [6.45, 7) is 2.17. The Balaban J connectivity index is 2.67. The minimum Gasteiger partial charge on any atom is -0.462 e. The maximum Gasteiger partial charge on any atom is 0.339 e. The number of hydrogen-bond donors (Lipinski definition) is 0. The molecular weight excluding hydrogens is 282 g/mol. The Morgan fingerprint density at radius 3 is 2.88 bits per heavy atom. The van der Waals surface area contributed by atoms with Crippen LogP contribution in [0.15, 0.2) is 30.5 Å². The Labute approximate surface area is 108 Å². The molecule has 88 valence electrons. The van der Waals surface area contributed by atoms with Crippen LogP contribution in [0, 0.1) is 0 Å². The number of halogens is 1. The van der Waals surface area contributed by atoms with E-state index in [4.69, 9.17) is 4.74 Å². The van der Waals surface area contributed by atoms with E-state index in [-0.39, 0.29) is 5.97 Å². The second kappa shape index (κ2) is 5.27. The van der Waals surface area contributed by atoms with Crippen LogP contribution in [-0.2, 0) is 10.1 Å². The van der Waals surface area contributed by atoms with E-state index in [1.165, 1.54) is 0 Å². The molecule has 2 rings (SSSR count). The normalized spacial score (nSPS) is 10.5. The van der Waals surface area contributed by atoms with Crippen molar-refractivity contribution >= 4 is 32.8 Å². The maximum atomic E-state index is 12.0. The van der Waals surface area contributed by atoms with Crippen LogP contribution in [0.3, 0.4) is 0 Å². The van der Waals surface area contributed by atoms with Gasteiger partial charge in [-0.25, -0.2) is 4.79 Å². The average Bonchev–Trinajstić information content (AvgIpc) is 2.37. The summed E-state index contributed by atoms with van der Waals surface area (Å²) in [4.78, 5) is 16.3. The highest BCUT2D eigenvalue weighted by atomic mass is 79.9. The SMILES string of the molecule is CCOC(=O)c1c(CBr)cnc2ccccc12. The van der Waals surface area contributed by atoms with Crippen molar-refractivity contribution in [2.75, 3.05) is 6.61 Å². The van der Waals surface area contributed by atoms with Gasteiger partial charge in [0.15, 0.2) is 0 Å². The lowest BCUT2D eigenvalue weighted by molar-refractivity contribution is 0.0527. The van der Waals surface area contributed by atoms with Gasteiger partial charge in [-0.2, -0.15) is 0 Å². The van der Waals surface area contributed by atoms with E-state index < -0.39 is 0 Å². The molecule has 0 bridgehead atoms. The fourth-order valence-corrected chi connectivity index (χ4v) is 2.15. The van der Waals surface area contributed by atoms with Crippen LogP contribution < -0.4 is 0 Å². The van der Waals surface area contributed by atoms with Crippen molar-refractivity contribution in [3.63, 3.8) is 0 Å². The number of alkyl halides is 1. The highest BCUT2D eigenvalue weighted by Crippen LogP contribution is 2.23. The zero-order valence-electron chi connectivity index (χ0n) is 9.44. The highest BCUT2D eigenvalue weighted by molar-refractivity contribution is 9.08. The fraction of sp³-hybridized carbons (Fsp3) is 0.231. The molecule has 0 saturated heterocycles. The first-order chi connectivity index (χ1) is 8.27. The second-order valence-corrected chi connectivity index (χ2v) is 4.09. The van der Waals surface area contributed by atoms with Gasteiger partial charge in [0, 0.05) is 16.9 Å². The summed E-state index contributed by atoms with van der Waals surface area (Å²) in [6.07, 6.45) is 1.71. The summed E-state index contributed by atoms with van der Waals surface area (Å²) in [6, 6.07) is 7.57. The van der Waals surface area contributed by atoms with E-state index in [2.05, 4.69) is 20.9 Å². The van der Waals surface area contributed by atoms with Crippen LogP contribution in [-0.4, -0.2) is 17.6 Å². The average molecular weight is 294 g/mol. The number of hydrogen-bond acceptors (Lipinski definition) is 3. The van der Waals surface area contributed by atoms with Gasteiger partial charge >= 0.3 is 5.97 Å². The van der Waals surface area contributed by atoms with Crippen LogP contribution >= 0.6 is 15.9 Å². The van der Waals surface area contributed by atoms with Gasteiger partial charge in [0.05, 0.1) is 17.7 Å². The summed E-state index contributed by atoms with van der Waals surface area (Å²) < 4.78 is 5.09. The Hall–Kier alpha value is -1.42. The molecule has 0 radical (unpaired) electrons. The van der Waals surface area contributed by atoms with Gasteiger partial charge in [-0.3, -0.25) is 4.98 Å². The molecule has 4 heteroatoms. The molecule has 17 heavy (non-hydrogen) atoms. The van der Waals surface area contributed by atoms with Crippen LogP contribution in [0.4, 0.5) is 0 Å². The van der Waals surface area contributed by atoms with Crippen LogP contribution in [0.5, 0.6) is 0 Å². The number of ether oxygens (including phenoxy) is 1. The molecule has 1 aromatic carbocycles. The van der Waals surface area contributed by atoms with Crippen molar-refractivity contribution in [1.29, 1.82) is 0 Å². The summed E-state index contributed by atoms with van der Waals surface area (Å²) >= 11 is 3.37. The molecule has 0 aliphatic carbocycles. The molecule has 0 aliphatic heterocycles. The third kappa shape index (κ3) is 2.31. The lowest BCUT2D eigenvalue weighted by Gasteiger charge is -2.09. The highest BCUT2D eigenvalue weighted by Gasteiger charge is 2.16. The first-order valence-electron chi connectivity index (χ1n) is 5.37. The fourth-order valence-electron chi connectivity index (χ4n) is 1.73. The van der Waals surface area contributed by atoms with Crippen molar-refractivity contribution < 1.29 is 9.53 Å². The number of carbonyl (C=O) groups excluding carboxylic acids is 1. The van der Waals surface area contributed by atoms with E-state index in [0.29, 0.717) is 17.5 Å². The van der Waals surface area contributed by atoms with Gasteiger partial charge in [-0.05, 0) is 18.6 Å². The van der Waals surface area contributed by atoms with Gasteiger partial charge in [-0.15, -0.1) is 0 Å². The van der Waals surface area contributed by atoms with Crippen LogP contribution in [0.1, 0.15) is 22.8 Å². The van der Waals surface area contributed by atoms with Crippen molar-refractivity contribution in [1.82, 2.24) is 4.98 Å². The molecule has 0 unspecified atom stereocenters. The smallest absolute Gasteiger partial charge is 0.339 e. The topological polar surface area (TPSA) is 39.2 Å². The van der Waals surface area contributed by atoms with Gasteiger partial charge in [0.25, 0.3) is 0 Å². The van der Waals surface area contributed by atoms with E-state index >= 15 is 0 Å². The first kappa shape index (κ1) is 12.0. The van der Waals surface area contributed by atoms with Crippen LogP contribution in [0.2, 0.25) is 0 Å². The zero-order valence-corrected chi connectivity index (χ0v) is 11.0. The minimum atomic E-state index is -0.291. The molecule has 0 amide bonds. The third-order valence-electron chi connectivity index (χ3n) is 2.48. The molecule has 0 saturated carbocycles. The summed E-state index contributed by atoms with van der Waals surface area (Å²) in [5.41, 5.74) is 2.26. The summed E-state index contributed by atoms with van der Waals surface area (Å²) in [5, 5.41) is 1.42. The molecule has 0 aliphatic rings. The predicted molar refractivity (Wildman–Crippen MR) is 70.3 cm³/mol. The molecule has 3 nitrogen and oxygen atoms in total. The number of aromatic nitrogens is 1. The number of pyridine rings is 1. The number of benzene rings is 1. The van der Waals surface area contributed by atoms with E-state index in [1.807, 2.05) is 24.3 Å². The molecule has 0 fully saturated rings. The quantitative estimate of drug-likeness (QED) is 0.644. The number of fused-ring (bicyclic) bond motifs is 1. The van der Waals surface area contributed by atoms with Crippen molar-refractivity contribution in [3.8, 4) is 0 Å². The third-order valence-corrected chi connectivity index (χ3v) is 3.08. The van der Waals surface area contributed by atoms with Gasteiger partial charge in [0.2, 0.25) is 0 Å². The van der Waals surface area contributed by atoms with Gasteiger partial charge in [0.1, 0.15) is 0 Å². The predicted octanol–water partition coefficient (Wildman–Crippen LogP) is 3.31. The monoisotopic (exact) mass is 293 g/mol. The molecule has 2 aromatic rings. The molecule has 1 heterocycles. The lowest BCUT2D eigenvalue weighted by atomic mass is 10.0. The van der Waals surface area contributed by atoms with Gasteiger partial charge in [-0.1, -0.05) is 34.1 Å². The molecule has 0 spiro atoms. The van der Waals surface area contributed by atoms with Crippen molar-refractivity contribution in [2.45, 2.75) is 12.3 Å². The van der Waals surface area contributed by atoms with E-state index in [9.17, 15) is 4.79 Å². The number of carbonyl (C=O) groups is 1. The minimum absolute atomic E-state index is 0.291. The van der Waals surface area contributed by atoms with Crippen LogP contribution in [0.25, 0.3) is 10.9 Å².